The van der Waals surface area contributed by atoms with E-state index in [0.717, 1.165) is 24.9 Å². The molecule has 0 aromatic heterocycles. The van der Waals surface area contributed by atoms with E-state index in [1.54, 1.807) is 0 Å². The van der Waals surface area contributed by atoms with Gasteiger partial charge in [-0.2, -0.15) is 0 Å². The van der Waals surface area contributed by atoms with Gasteiger partial charge in [0.1, 0.15) is 0 Å². The van der Waals surface area contributed by atoms with Gasteiger partial charge in [0.15, 0.2) is 0 Å². The summed E-state index contributed by atoms with van der Waals surface area (Å²) in [6, 6.07) is 0. The lowest BCUT2D eigenvalue weighted by Gasteiger charge is -2.15. The Morgan fingerprint density at radius 3 is 1.32 bits per heavy atom. The van der Waals surface area contributed by atoms with E-state index in [2.05, 4.69) is 10.6 Å². The molecule has 2 saturated heterocycles. The molecule has 0 spiro atoms. The number of nitrogens with two attached hydrogens (primary N) is 2. The first-order valence-corrected chi connectivity index (χ1v) is 7.62. The summed E-state index contributed by atoms with van der Waals surface area (Å²) in [4.78, 5) is 0. The van der Waals surface area contributed by atoms with Crippen LogP contribution in [0.2, 0.25) is 0 Å². The van der Waals surface area contributed by atoms with Gasteiger partial charge < -0.3 is 22.1 Å². The number of hydrogen-bond donors (Lipinski definition) is 4. The van der Waals surface area contributed by atoms with E-state index in [9.17, 15) is 0 Å². The van der Waals surface area contributed by atoms with Crippen LogP contribution in [-0.4, -0.2) is 37.3 Å². The van der Waals surface area contributed by atoms with Crippen molar-refractivity contribution in [3.8, 4) is 0 Å². The Labute approximate surface area is 118 Å². The van der Waals surface area contributed by atoms with Crippen molar-refractivity contribution in [2.75, 3.05) is 26.2 Å². The summed E-state index contributed by atoms with van der Waals surface area (Å²) in [6.45, 7) is 4.69. The van der Waals surface area contributed by atoms with Crippen LogP contribution in [-0.2, 0) is 0 Å². The topological polar surface area (TPSA) is 76.1 Å². The molecular formula is C15H32N4. The summed E-state index contributed by atoms with van der Waals surface area (Å²) in [5.41, 5.74) is 12.6. The second kappa shape index (κ2) is 5.68. The normalized spacial score (nSPS) is 36.9. The summed E-state index contributed by atoms with van der Waals surface area (Å²) < 4.78 is 0. The average molecular weight is 268 g/mol. The standard InChI is InChI=1S/2C7H14N2.CH4/c2*8-7(2-3-7)6-1-4-9-5-6;/h2*6,9H,1-5,8H2;1H4/t2*6-;/m10./s1. The fourth-order valence-electron chi connectivity index (χ4n) is 3.40. The van der Waals surface area contributed by atoms with Crippen molar-refractivity contribution in [1.82, 2.24) is 10.6 Å². The smallest absolute Gasteiger partial charge is 0.0196 e. The Bertz CT molecular complexity index is 255. The Kier molecular flexibility index (Phi) is 4.56. The van der Waals surface area contributed by atoms with E-state index in [4.69, 9.17) is 11.5 Å². The summed E-state index contributed by atoms with van der Waals surface area (Å²) in [5, 5.41) is 6.68. The molecule has 0 unspecified atom stereocenters. The maximum atomic E-state index is 6.01. The van der Waals surface area contributed by atoms with Gasteiger partial charge in [-0.25, -0.2) is 0 Å². The Hall–Kier alpha value is -0.160. The highest BCUT2D eigenvalue weighted by atomic mass is 15.0. The maximum absolute atomic E-state index is 6.01. The molecule has 19 heavy (non-hydrogen) atoms. The Balaban J connectivity index is 0.000000133. The van der Waals surface area contributed by atoms with Gasteiger partial charge in [-0.3, -0.25) is 0 Å². The van der Waals surface area contributed by atoms with Crippen molar-refractivity contribution in [3.63, 3.8) is 0 Å². The number of hydrogen-bond acceptors (Lipinski definition) is 4. The van der Waals surface area contributed by atoms with Crippen molar-refractivity contribution in [1.29, 1.82) is 0 Å². The van der Waals surface area contributed by atoms with Crippen LogP contribution in [0.4, 0.5) is 0 Å². The first-order chi connectivity index (χ1) is 8.62. The lowest BCUT2D eigenvalue weighted by molar-refractivity contribution is 0.438. The predicted molar refractivity (Wildman–Crippen MR) is 81.0 cm³/mol. The largest absolute Gasteiger partial charge is 0.325 e. The van der Waals surface area contributed by atoms with Crippen molar-refractivity contribution >= 4 is 0 Å². The van der Waals surface area contributed by atoms with Crippen molar-refractivity contribution in [2.45, 2.75) is 57.0 Å². The highest BCUT2D eigenvalue weighted by Crippen LogP contribution is 2.42. The van der Waals surface area contributed by atoms with Gasteiger partial charge in [-0.05, 0) is 76.5 Å². The van der Waals surface area contributed by atoms with Gasteiger partial charge in [-0.15, -0.1) is 0 Å². The van der Waals surface area contributed by atoms with Crippen LogP contribution < -0.4 is 22.1 Å². The molecule has 4 rings (SSSR count). The molecule has 0 radical (unpaired) electrons. The first-order valence-electron chi connectivity index (χ1n) is 7.62. The number of rotatable bonds is 2. The van der Waals surface area contributed by atoms with Crippen molar-refractivity contribution < 1.29 is 0 Å². The summed E-state index contributed by atoms with van der Waals surface area (Å²) >= 11 is 0. The third-order valence-electron chi connectivity index (χ3n) is 5.40. The number of nitrogens with one attached hydrogen (secondary N) is 2. The SMILES string of the molecule is C.NC1([C@@H]2CCNC2)CC1.NC1([C@H]2CCNC2)CC1. The summed E-state index contributed by atoms with van der Waals surface area (Å²) in [6.07, 6.45) is 7.66. The molecule has 0 amide bonds. The average Bonchev–Trinajstić information content (AvgIpc) is 3.16. The van der Waals surface area contributed by atoms with Gasteiger partial charge >= 0.3 is 0 Å². The monoisotopic (exact) mass is 268 g/mol. The highest BCUT2D eigenvalue weighted by Gasteiger charge is 2.46. The molecule has 2 atom stereocenters. The third-order valence-corrected chi connectivity index (χ3v) is 5.40. The summed E-state index contributed by atoms with van der Waals surface area (Å²) in [7, 11) is 0. The zero-order chi connectivity index (χ0) is 12.6. The lowest BCUT2D eigenvalue weighted by Crippen LogP contribution is -2.33. The molecule has 4 fully saturated rings. The molecule has 2 aliphatic carbocycles. The van der Waals surface area contributed by atoms with Crippen LogP contribution in [0.5, 0.6) is 0 Å². The van der Waals surface area contributed by atoms with Crippen molar-refractivity contribution in [2.24, 2.45) is 23.3 Å². The molecule has 2 aliphatic heterocycles. The zero-order valence-electron chi connectivity index (χ0n) is 11.4. The molecule has 112 valence electrons. The van der Waals surface area contributed by atoms with Crippen LogP contribution in [0.15, 0.2) is 0 Å². The molecule has 4 heteroatoms. The predicted octanol–water partition coefficient (Wildman–Crippen LogP) is 0.811. The lowest BCUT2D eigenvalue weighted by atomic mass is 9.98. The third kappa shape index (κ3) is 3.48. The van der Waals surface area contributed by atoms with Crippen LogP contribution >= 0.6 is 0 Å². The minimum Gasteiger partial charge on any atom is -0.325 e. The fourth-order valence-corrected chi connectivity index (χ4v) is 3.40. The van der Waals surface area contributed by atoms with E-state index in [1.165, 1.54) is 51.6 Å². The molecule has 2 heterocycles. The van der Waals surface area contributed by atoms with E-state index < -0.39 is 0 Å². The second-order valence-corrected chi connectivity index (χ2v) is 6.85. The van der Waals surface area contributed by atoms with E-state index in [0.29, 0.717) is 0 Å². The van der Waals surface area contributed by atoms with Gasteiger partial charge in [0, 0.05) is 11.1 Å². The molecule has 0 aromatic rings. The molecular weight excluding hydrogens is 236 g/mol. The molecule has 0 aromatic carbocycles. The Morgan fingerprint density at radius 2 is 1.11 bits per heavy atom. The van der Waals surface area contributed by atoms with Crippen LogP contribution in [0.3, 0.4) is 0 Å². The van der Waals surface area contributed by atoms with E-state index in [-0.39, 0.29) is 18.5 Å². The first kappa shape index (κ1) is 15.2. The minimum atomic E-state index is 0. The van der Waals surface area contributed by atoms with Gasteiger partial charge in [0.25, 0.3) is 0 Å². The molecule has 2 saturated carbocycles. The minimum absolute atomic E-state index is 0. The molecule has 6 N–H and O–H groups in total. The second-order valence-electron chi connectivity index (χ2n) is 6.85. The van der Waals surface area contributed by atoms with Gasteiger partial charge in [-0.1, -0.05) is 7.43 Å². The fraction of sp³-hybridized carbons (Fsp3) is 1.00. The van der Waals surface area contributed by atoms with E-state index >= 15 is 0 Å². The van der Waals surface area contributed by atoms with Crippen LogP contribution in [0.25, 0.3) is 0 Å². The van der Waals surface area contributed by atoms with E-state index in [1.807, 2.05) is 0 Å². The van der Waals surface area contributed by atoms with Crippen LogP contribution in [0, 0.1) is 11.8 Å². The highest BCUT2D eigenvalue weighted by molar-refractivity contribution is 5.06. The van der Waals surface area contributed by atoms with Gasteiger partial charge in [0.05, 0.1) is 0 Å². The Morgan fingerprint density at radius 1 is 0.737 bits per heavy atom. The van der Waals surface area contributed by atoms with Crippen LogP contribution in [0.1, 0.15) is 46.0 Å². The molecule has 0 bridgehead atoms. The zero-order valence-corrected chi connectivity index (χ0v) is 11.4. The van der Waals surface area contributed by atoms with Gasteiger partial charge in [0.2, 0.25) is 0 Å². The molecule has 4 aliphatic rings. The van der Waals surface area contributed by atoms with Crippen molar-refractivity contribution in [3.05, 3.63) is 0 Å². The molecule has 4 nitrogen and oxygen atoms in total. The maximum Gasteiger partial charge on any atom is 0.0196 e. The quantitative estimate of drug-likeness (QED) is 0.598. The summed E-state index contributed by atoms with van der Waals surface area (Å²) in [5.74, 6) is 1.58.